The van der Waals surface area contributed by atoms with Gasteiger partial charge in [-0.15, -0.1) is 0 Å². The van der Waals surface area contributed by atoms with Crippen molar-refractivity contribution in [2.75, 3.05) is 0 Å². The Morgan fingerprint density at radius 2 is 1.85 bits per heavy atom. The summed E-state index contributed by atoms with van der Waals surface area (Å²) in [5.41, 5.74) is 2.31. The molecule has 26 heavy (non-hydrogen) atoms. The number of pyridine rings is 2. The maximum Gasteiger partial charge on any atom is 0.274 e. The van der Waals surface area contributed by atoms with Crippen molar-refractivity contribution in [3.63, 3.8) is 0 Å². The minimum atomic E-state index is -0.487. The molecule has 0 saturated carbocycles. The van der Waals surface area contributed by atoms with Gasteiger partial charge in [-0.3, -0.25) is 18.6 Å². The summed E-state index contributed by atoms with van der Waals surface area (Å²) in [6.07, 6.45) is 1.61. The zero-order valence-corrected chi connectivity index (χ0v) is 14.2. The topological polar surface area (TPSA) is 80.2 Å². The van der Waals surface area contributed by atoms with E-state index < -0.39 is 5.56 Å². The molecule has 0 spiro atoms. The molecule has 0 amide bonds. The number of aromatic nitrogens is 3. The van der Waals surface area contributed by atoms with E-state index >= 15 is 0 Å². The maximum atomic E-state index is 12.9. The van der Waals surface area contributed by atoms with Gasteiger partial charge in [-0.05, 0) is 43.7 Å². The molecule has 6 nitrogen and oxygen atoms in total. The summed E-state index contributed by atoms with van der Waals surface area (Å²) >= 11 is 0. The van der Waals surface area contributed by atoms with Crippen molar-refractivity contribution in [1.82, 2.24) is 14.0 Å². The van der Waals surface area contributed by atoms with E-state index in [0.717, 1.165) is 11.1 Å². The van der Waals surface area contributed by atoms with E-state index in [9.17, 15) is 14.9 Å². The van der Waals surface area contributed by atoms with Crippen molar-refractivity contribution >= 4 is 16.7 Å². The molecule has 3 aromatic heterocycles. The van der Waals surface area contributed by atoms with Crippen LogP contribution in [0.25, 0.3) is 22.4 Å². The van der Waals surface area contributed by atoms with Crippen molar-refractivity contribution in [2.45, 2.75) is 13.8 Å². The van der Waals surface area contributed by atoms with Gasteiger partial charge in [0.25, 0.3) is 11.1 Å². The number of nitrogens with zero attached hydrogens (tertiary/aromatic N) is 4. The van der Waals surface area contributed by atoms with Gasteiger partial charge < -0.3 is 0 Å². The molecule has 3 heterocycles. The molecule has 0 N–H and O–H groups in total. The normalized spacial score (nSPS) is 11.0. The molecule has 0 fully saturated rings. The Morgan fingerprint density at radius 3 is 2.58 bits per heavy atom. The lowest BCUT2D eigenvalue weighted by molar-refractivity contribution is 0.974. The SMILES string of the molecule is Cc1ccc(-n2c(=O)c(C#N)cc3c(=O)n4ccccc4nc32)c(C)c1. The molecule has 126 valence electrons. The molecular formula is C20H14N4O2. The lowest BCUT2D eigenvalue weighted by Gasteiger charge is -2.14. The third-order valence-electron chi connectivity index (χ3n) is 4.40. The number of nitriles is 1. The smallest absolute Gasteiger partial charge is 0.268 e. The van der Waals surface area contributed by atoms with Crippen molar-refractivity contribution in [1.29, 1.82) is 5.26 Å². The first kappa shape index (κ1) is 15.8. The number of hydrogen-bond acceptors (Lipinski definition) is 4. The lowest BCUT2D eigenvalue weighted by atomic mass is 10.1. The maximum absolute atomic E-state index is 12.9. The Morgan fingerprint density at radius 1 is 1.04 bits per heavy atom. The molecule has 4 aromatic rings. The van der Waals surface area contributed by atoms with Gasteiger partial charge in [0, 0.05) is 6.20 Å². The van der Waals surface area contributed by atoms with Crippen LogP contribution in [-0.2, 0) is 0 Å². The average molecular weight is 342 g/mol. The first-order valence-electron chi connectivity index (χ1n) is 8.06. The number of hydrogen-bond donors (Lipinski definition) is 0. The van der Waals surface area contributed by atoms with Gasteiger partial charge in [0.1, 0.15) is 17.3 Å². The fraction of sp³-hybridized carbons (Fsp3) is 0.100. The Hall–Kier alpha value is -3.72. The van der Waals surface area contributed by atoms with Crippen molar-refractivity contribution in [2.24, 2.45) is 0 Å². The molecule has 0 aliphatic heterocycles. The van der Waals surface area contributed by atoms with Gasteiger partial charge in [-0.1, -0.05) is 23.8 Å². The van der Waals surface area contributed by atoms with Crippen LogP contribution in [0.2, 0.25) is 0 Å². The molecule has 0 atom stereocenters. The number of rotatable bonds is 1. The highest BCUT2D eigenvalue weighted by Crippen LogP contribution is 2.19. The van der Waals surface area contributed by atoms with Gasteiger partial charge in [0.2, 0.25) is 0 Å². The first-order chi connectivity index (χ1) is 12.5. The Labute approximate surface area is 148 Å². The predicted octanol–water partition coefficient (Wildman–Crippen LogP) is 2.49. The van der Waals surface area contributed by atoms with Crippen molar-refractivity contribution in [3.8, 4) is 11.8 Å². The average Bonchev–Trinajstić information content (AvgIpc) is 2.63. The second-order valence-electron chi connectivity index (χ2n) is 6.18. The Balaban J connectivity index is 2.28. The summed E-state index contributed by atoms with van der Waals surface area (Å²) < 4.78 is 2.76. The van der Waals surface area contributed by atoms with Gasteiger partial charge in [0.05, 0.1) is 11.1 Å². The molecule has 0 saturated heterocycles. The Kier molecular flexibility index (Phi) is 3.44. The molecule has 6 heteroatoms. The van der Waals surface area contributed by atoms with Crippen LogP contribution in [-0.4, -0.2) is 14.0 Å². The lowest BCUT2D eigenvalue weighted by Crippen LogP contribution is -2.26. The highest BCUT2D eigenvalue weighted by atomic mass is 16.1. The van der Waals surface area contributed by atoms with Gasteiger partial charge in [-0.25, -0.2) is 4.98 Å². The number of aryl methyl sites for hydroxylation is 2. The van der Waals surface area contributed by atoms with Crippen LogP contribution in [0.4, 0.5) is 0 Å². The highest BCUT2D eigenvalue weighted by Gasteiger charge is 2.17. The molecule has 0 bridgehead atoms. The molecular weight excluding hydrogens is 328 g/mol. The third-order valence-corrected chi connectivity index (χ3v) is 4.40. The standard InChI is InChI=1S/C20H14N4O2/c1-12-6-7-16(13(2)9-12)24-18-15(10-14(11-21)19(24)25)20(26)23-8-4-3-5-17(23)22-18/h3-10H,1-2H3. The van der Waals surface area contributed by atoms with E-state index in [4.69, 9.17) is 0 Å². The van der Waals surface area contributed by atoms with E-state index in [2.05, 4.69) is 4.98 Å². The third kappa shape index (κ3) is 2.22. The van der Waals surface area contributed by atoms with E-state index in [1.807, 2.05) is 32.0 Å². The van der Waals surface area contributed by atoms with Crippen LogP contribution >= 0.6 is 0 Å². The van der Waals surface area contributed by atoms with E-state index in [1.54, 1.807) is 30.5 Å². The molecule has 1 aromatic carbocycles. The largest absolute Gasteiger partial charge is 0.274 e. The quantitative estimate of drug-likeness (QED) is 0.498. The minimum Gasteiger partial charge on any atom is -0.268 e. The fourth-order valence-corrected chi connectivity index (χ4v) is 3.17. The highest BCUT2D eigenvalue weighted by molar-refractivity contribution is 5.79. The van der Waals surface area contributed by atoms with Crippen LogP contribution in [0.5, 0.6) is 0 Å². The first-order valence-corrected chi connectivity index (χ1v) is 8.06. The summed E-state index contributed by atoms with van der Waals surface area (Å²) in [5.74, 6) is 0. The molecule has 4 rings (SSSR count). The second-order valence-corrected chi connectivity index (χ2v) is 6.18. The predicted molar refractivity (Wildman–Crippen MR) is 98.8 cm³/mol. The molecule has 0 unspecified atom stereocenters. The summed E-state index contributed by atoms with van der Waals surface area (Å²) in [4.78, 5) is 30.3. The summed E-state index contributed by atoms with van der Waals surface area (Å²) in [5, 5.41) is 9.60. The van der Waals surface area contributed by atoms with Gasteiger partial charge in [-0.2, -0.15) is 5.26 Å². The zero-order valence-electron chi connectivity index (χ0n) is 14.2. The van der Waals surface area contributed by atoms with Gasteiger partial charge >= 0.3 is 0 Å². The number of benzene rings is 1. The summed E-state index contributed by atoms with van der Waals surface area (Å²) in [6.45, 7) is 3.84. The fourth-order valence-electron chi connectivity index (χ4n) is 3.17. The molecule has 0 aliphatic rings. The van der Waals surface area contributed by atoms with E-state index in [-0.39, 0.29) is 22.2 Å². The van der Waals surface area contributed by atoms with Crippen LogP contribution in [0.1, 0.15) is 16.7 Å². The van der Waals surface area contributed by atoms with Crippen LogP contribution in [0.3, 0.4) is 0 Å². The summed E-state index contributed by atoms with van der Waals surface area (Å²) in [6, 6.07) is 14.1. The number of fused-ring (bicyclic) bond motifs is 2. The van der Waals surface area contributed by atoms with Gasteiger partial charge in [0.15, 0.2) is 5.65 Å². The van der Waals surface area contributed by atoms with Crippen LogP contribution < -0.4 is 11.1 Å². The van der Waals surface area contributed by atoms with E-state index in [0.29, 0.717) is 11.3 Å². The van der Waals surface area contributed by atoms with Crippen LogP contribution in [0.15, 0.2) is 58.3 Å². The van der Waals surface area contributed by atoms with Crippen molar-refractivity contribution < 1.29 is 0 Å². The second kappa shape index (κ2) is 5.67. The molecule has 0 aliphatic carbocycles. The summed E-state index contributed by atoms with van der Waals surface area (Å²) in [7, 11) is 0. The van der Waals surface area contributed by atoms with E-state index in [1.165, 1.54) is 15.0 Å². The van der Waals surface area contributed by atoms with Crippen LogP contribution in [0, 0.1) is 25.2 Å². The minimum absolute atomic E-state index is 0.0905. The zero-order chi connectivity index (χ0) is 18.4. The molecule has 0 radical (unpaired) electrons. The monoisotopic (exact) mass is 342 g/mol. The van der Waals surface area contributed by atoms with Crippen molar-refractivity contribution in [3.05, 3.63) is 86.1 Å². The Bertz CT molecular complexity index is 1360.